The largest absolute Gasteiger partial charge is 0.489 e. The lowest BCUT2D eigenvalue weighted by atomic mass is 9.88. The van der Waals surface area contributed by atoms with Crippen molar-refractivity contribution < 1.29 is 14.6 Å². The van der Waals surface area contributed by atoms with E-state index in [9.17, 15) is 4.79 Å². The highest BCUT2D eigenvalue weighted by Gasteiger charge is 2.22. The van der Waals surface area contributed by atoms with Gasteiger partial charge in [0, 0.05) is 0 Å². The van der Waals surface area contributed by atoms with Crippen LogP contribution in [-0.2, 0) is 0 Å². The summed E-state index contributed by atoms with van der Waals surface area (Å²) in [7, 11) is 0. The number of aromatic nitrogens is 1. The van der Waals surface area contributed by atoms with Gasteiger partial charge in [-0.1, -0.05) is 13.3 Å². The SMILES string of the molecule is CC1CCCCC1Oc1ccc(C(=O)O)nc1. The van der Waals surface area contributed by atoms with Gasteiger partial charge in [-0.15, -0.1) is 0 Å². The van der Waals surface area contributed by atoms with Crippen LogP contribution in [-0.4, -0.2) is 22.2 Å². The molecule has 1 heterocycles. The molecule has 1 aliphatic rings. The molecule has 2 atom stereocenters. The first-order chi connectivity index (χ1) is 8.16. The molecule has 4 heteroatoms. The minimum absolute atomic E-state index is 0.0500. The molecule has 2 rings (SSSR count). The first-order valence-corrected chi connectivity index (χ1v) is 6.03. The molecule has 1 N–H and O–H groups in total. The molecule has 0 aromatic carbocycles. The number of nitrogens with zero attached hydrogens (tertiary/aromatic N) is 1. The number of pyridine rings is 1. The Hall–Kier alpha value is -1.58. The fourth-order valence-electron chi connectivity index (χ4n) is 2.21. The van der Waals surface area contributed by atoms with Crippen LogP contribution in [0.25, 0.3) is 0 Å². The van der Waals surface area contributed by atoms with E-state index in [0.717, 1.165) is 6.42 Å². The predicted molar refractivity (Wildman–Crippen MR) is 63.2 cm³/mol. The van der Waals surface area contributed by atoms with Gasteiger partial charge in [0.05, 0.1) is 6.20 Å². The Morgan fingerprint density at radius 2 is 2.18 bits per heavy atom. The number of carbonyl (C=O) groups is 1. The Morgan fingerprint density at radius 3 is 2.76 bits per heavy atom. The van der Waals surface area contributed by atoms with Gasteiger partial charge in [0.1, 0.15) is 17.5 Å². The van der Waals surface area contributed by atoms with E-state index in [1.807, 2.05) is 0 Å². The Morgan fingerprint density at radius 1 is 1.41 bits per heavy atom. The van der Waals surface area contributed by atoms with Crippen LogP contribution in [0.15, 0.2) is 18.3 Å². The van der Waals surface area contributed by atoms with Gasteiger partial charge in [-0.05, 0) is 37.3 Å². The van der Waals surface area contributed by atoms with Crippen LogP contribution in [0.2, 0.25) is 0 Å². The number of aromatic carboxylic acids is 1. The second-order valence-corrected chi connectivity index (χ2v) is 4.60. The Labute approximate surface area is 101 Å². The van der Waals surface area contributed by atoms with Crippen molar-refractivity contribution in [1.29, 1.82) is 0 Å². The van der Waals surface area contributed by atoms with Crippen molar-refractivity contribution in [1.82, 2.24) is 4.98 Å². The van der Waals surface area contributed by atoms with Crippen molar-refractivity contribution in [3.05, 3.63) is 24.0 Å². The number of rotatable bonds is 3. The third kappa shape index (κ3) is 2.96. The van der Waals surface area contributed by atoms with Crippen LogP contribution in [0.5, 0.6) is 5.75 Å². The molecule has 17 heavy (non-hydrogen) atoms. The first kappa shape index (κ1) is 11.9. The van der Waals surface area contributed by atoms with Gasteiger partial charge in [0.25, 0.3) is 0 Å². The molecule has 0 spiro atoms. The average molecular weight is 235 g/mol. The molecular weight excluding hydrogens is 218 g/mol. The Kier molecular flexibility index (Phi) is 3.61. The maximum Gasteiger partial charge on any atom is 0.354 e. The number of carboxylic acids is 1. The quantitative estimate of drug-likeness (QED) is 0.875. The fraction of sp³-hybridized carbons (Fsp3) is 0.538. The summed E-state index contributed by atoms with van der Waals surface area (Å²) in [5.41, 5.74) is 0.0500. The maximum absolute atomic E-state index is 10.7. The molecule has 0 amide bonds. The highest BCUT2D eigenvalue weighted by Crippen LogP contribution is 2.27. The summed E-state index contributed by atoms with van der Waals surface area (Å²) in [6.07, 6.45) is 6.48. The van der Waals surface area contributed by atoms with Crippen LogP contribution in [0.1, 0.15) is 43.1 Å². The van der Waals surface area contributed by atoms with Crippen molar-refractivity contribution in [2.75, 3.05) is 0 Å². The second kappa shape index (κ2) is 5.17. The van der Waals surface area contributed by atoms with Crippen molar-refractivity contribution in [3.8, 4) is 5.75 Å². The summed E-state index contributed by atoms with van der Waals surface area (Å²) >= 11 is 0. The van der Waals surface area contributed by atoms with E-state index in [0.29, 0.717) is 11.7 Å². The van der Waals surface area contributed by atoms with Gasteiger partial charge < -0.3 is 9.84 Å². The topological polar surface area (TPSA) is 59.4 Å². The van der Waals surface area contributed by atoms with Gasteiger partial charge in [0.15, 0.2) is 0 Å². The third-order valence-electron chi connectivity index (χ3n) is 3.28. The van der Waals surface area contributed by atoms with Crippen molar-refractivity contribution in [2.45, 2.75) is 38.7 Å². The highest BCUT2D eigenvalue weighted by molar-refractivity contribution is 5.85. The van der Waals surface area contributed by atoms with Crippen molar-refractivity contribution >= 4 is 5.97 Å². The lowest BCUT2D eigenvalue weighted by Gasteiger charge is -2.29. The third-order valence-corrected chi connectivity index (χ3v) is 3.28. The van der Waals surface area contributed by atoms with E-state index in [1.165, 1.54) is 31.5 Å². The first-order valence-electron chi connectivity index (χ1n) is 6.03. The van der Waals surface area contributed by atoms with Crippen molar-refractivity contribution in [3.63, 3.8) is 0 Å². The van der Waals surface area contributed by atoms with Crippen molar-refractivity contribution in [2.24, 2.45) is 5.92 Å². The van der Waals surface area contributed by atoms with Gasteiger partial charge in [-0.25, -0.2) is 9.78 Å². The minimum Gasteiger partial charge on any atom is -0.489 e. The zero-order valence-corrected chi connectivity index (χ0v) is 9.93. The normalized spacial score (nSPS) is 24.3. The van der Waals surface area contributed by atoms with Crippen LogP contribution in [0.3, 0.4) is 0 Å². The van der Waals surface area contributed by atoms with E-state index >= 15 is 0 Å². The molecule has 4 nitrogen and oxygen atoms in total. The van der Waals surface area contributed by atoms with Gasteiger partial charge in [0.2, 0.25) is 0 Å². The molecule has 0 bridgehead atoms. The molecule has 1 aromatic heterocycles. The summed E-state index contributed by atoms with van der Waals surface area (Å²) in [6, 6.07) is 3.16. The molecule has 1 fully saturated rings. The summed E-state index contributed by atoms with van der Waals surface area (Å²) in [6.45, 7) is 2.20. The standard InChI is InChI=1S/C13H17NO3/c1-9-4-2-3-5-12(9)17-10-6-7-11(13(15)16)14-8-10/h6-9,12H,2-5H2,1H3,(H,15,16). The summed E-state index contributed by atoms with van der Waals surface area (Å²) < 4.78 is 5.85. The molecule has 2 unspecified atom stereocenters. The molecule has 0 aliphatic heterocycles. The maximum atomic E-state index is 10.7. The van der Waals surface area contributed by atoms with E-state index in [4.69, 9.17) is 9.84 Å². The smallest absolute Gasteiger partial charge is 0.354 e. The molecule has 1 aromatic rings. The lowest BCUT2D eigenvalue weighted by molar-refractivity contribution is 0.0690. The zero-order chi connectivity index (χ0) is 12.3. The van der Waals surface area contributed by atoms with E-state index in [-0.39, 0.29) is 11.8 Å². The molecule has 92 valence electrons. The summed E-state index contributed by atoms with van der Waals surface area (Å²) in [4.78, 5) is 14.5. The second-order valence-electron chi connectivity index (χ2n) is 4.60. The predicted octanol–water partition coefficient (Wildman–Crippen LogP) is 2.74. The fourth-order valence-corrected chi connectivity index (χ4v) is 2.21. The van der Waals surface area contributed by atoms with E-state index in [2.05, 4.69) is 11.9 Å². The van der Waals surface area contributed by atoms with Gasteiger partial charge in [-0.2, -0.15) is 0 Å². The molecular formula is C13H17NO3. The molecule has 1 saturated carbocycles. The molecule has 1 aliphatic carbocycles. The highest BCUT2D eigenvalue weighted by atomic mass is 16.5. The lowest BCUT2D eigenvalue weighted by Crippen LogP contribution is -2.28. The monoisotopic (exact) mass is 235 g/mol. The number of ether oxygens (including phenoxy) is 1. The summed E-state index contributed by atoms with van der Waals surface area (Å²) in [5.74, 6) is 0.208. The van der Waals surface area contributed by atoms with E-state index in [1.54, 1.807) is 6.07 Å². The van der Waals surface area contributed by atoms with Crippen LogP contribution >= 0.6 is 0 Å². The van der Waals surface area contributed by atoms with Crippen LogP contribution in [0, 0.1) is 5.92 Å². The van der Waals surface area contributed by atoms with Crippen LogP contribution < -0.4 is 4.74 Å². The minimum atomic E-state index is -1.01. The van der Waals surface area contributed by atoms with Gasteiger partial charge in [-0.3, -0.25) is 0 Å². The number of carboxylic acid groups (broad SMARTS) is 1. The zero-order valence-electron chi connectivity index (χ0n) is 9.93. The number of hydrogen-bond donors (Lipinski definition) is 1. The Bertz CT molecular complexity index is 388. The average Bonchev–Trinajstić information content (AvgIpc) is 2.33. The van der Waals surface area contributed by atoms with Gasteiger partial charge >= 0.3 is 5.97 Å². The van der Waals surface area contributed by atoms with Crippen LogP contribution in [0.4, 0.5) is 0 Å². The number of hydrogen-bond acceptors (Lipinski definition) is 3. The van der Waals surface area contributed by atoms with E-state index < -0.39 is 5.97 Å². The summed E-state index contributed by atoms with van der Waals surface area (Å²) in [5, 5.41) is 8.74. The molecule has 0 radical (unpaired) electrons. The molecule has 0 saturated heterocycles. The Balaban J connectivity index is 2.00.